The van der Waals surface area contributed by atoms with Crippen molar-refractivity contribution in [3.05, 3.63) is 61.2 Å². The maximum atomic E-state index is 4.41. The van der Waals surface area contributed by atoms with Crippen molar-refractivity contribution in [3.63, 3.8) is 0 Å². The molecule has 0 N–H and O–H groups in total. The molecule has 0 atom stereocenters. The van der Waals surface area contributed by atoms with Gasteiger partial charge in [0.25, 0.3) is 0 Å². The van der Waals surface area contributed by atoms with Gasteiger partial charge >= 0.3 is 0 Å². The molecule has 0 saturated carbocycles. The largest absolute Gasteiger partial charge is 0.300 e. The molecule has 3 nitrogen and oxygen atoms in total. The minimum absolute atomic E-state index is 0.888. The Bertz CT molecular complexity index is 665. The zero-order chi connectivity index (χ0) is 11.7. The van der Waals surface area contributed by atoms with Crippen LogP contribution in [0.4, 0.5) is 0 Å². The van der Waals surface area contributed by atoms with Gasteiger partial charge in [0.15, 0.2) is 0 Å². The van der Waals surface area contributed by atoms with Crippen LogP contribution in [0, 0.1) is 0 Å². The summed E-state index contributed by atoms with van der Waals surface area (Å²) in [4.78, 5) is 8.55. The Hall–Kier alpha value is -2.42. The Morgan fingerprint density at radius 1 is 1.12 bits per heavy atom. The molecular formula is C14H11N3. The Labute approximate surface area is 99.1 Å². The fraction of sp³-hybridized carbons (Fsp3) is 0. The molecule has 3 heterocycles. The van der Waals surface area contributed by atoms with Crippen LogP contribution in [0.25, 0.3) is 22.8 Å². The lowest BCUT2D eigenvalue weighted by Gasteiger charge is -2.04. The molecule has 3 aromatic rings. The monoisotopic (exact) mass is 221 g/mol. The smallest absolute Gasteiger partial charge is 0.137 e. The van der Waals surface area contributed by atoms with Gasteiger partial charge in [-0.1, -0.05) is 12.7 Å². The summed E-state index contributed by atoms with van der Waals surface area (Å²) in [5, 5.41) is 1.16. The van der Waals surface area contributed by atoms with Gasteiger partial charge < -0.3 is 0 Å². The van der Waals surface area contributed by atoms with Crippen molar-refractivity contribution in [3.8, 4) is 5.82 Å². The molecule has 0 saturated heterocycles. The molecular weight excluding hydrogens is 210 g/mol. The minimum Gasteiger partial charge on any atom is -0.300 e. The second kappa shape index (κ2) is 3.87. The van der Waals surface area contributed by atoms with Crippen molar-refractivity contribution in [1.29, 1.82) is 0 Å². The molecule has 3 rings (SSSR count). The summed E-state index contributed by atoms with van der Waals surface area (Å²) in [6.45, 7) is 3.72. The van der Waals surface area contributed by atoms with Gasteiger partial charge in [-0.3, -0.25) is 9.55 Å². The maximum absolute atomic E-state index is 4.41. The molecule has 3 aromatic heterocycles. The van der Waals surface area contributed by atoms with Crippen LogP contribution in [0.1, 0.15) is 5.56 Å². The van der Waals surface area contributed by atoms with E-state index in [1.54, 1.807) is 12.3 Å². The molecule has 0 spiro atoms. The predicted molar refractivity (Wildman–Crippen MR) is 69.0 cm³/mol. The van der Waals surface area contributed by atoms with Gasteiger partial charge in [0.1, 0.15) is 5.82 Å². The first-order valence-electron chi connectivity index (χ1n) is 5.38. The van der Waals surface area contributed by atoms with Gasteiger partial charge in [-0.15, -0.1) is 0 Å². The Morgan fingerprint density at radius 2 is 2.06 bits per heavy atom. The summed E-state index contributed by atoms with van der Waals surface area (Å²) in [6, 6.07) is 8.02. The highest BCUT2D eigenvalue weighted by Gasteiger charge is 2.03. The van der Waals surface area contributed by atoms with Crippen molar-refractivity contribution in [2.45, 2.75) is 0 Å². The highest BCUT2D eigenvalue weighted by molar-refractivity contribution is 5.80. The molecule has 0 aromatic carbocycles. The third-order valence-electron chi connectivity index (χ3n) is 2.75. The number of nitrogens with zero attached hydrogens (tertiary/aromatic N) is 3. The topological polar surface area (TPSA) is 30.7 Å². The van der Waals surface area contributed by atoms with E-state index in [-0.39, 0.29) is 0 Å². The lowest BCUT2D eigenvalue weighted by Crippen LogP contribution is -1.95. The number of fused-ring (bicyclic) bond motifs is 1. The minimum atomic E-state index is 0.888. The van der Waals surface area contributed by atoms with E-state index in [0.29, 0.717) is 0 Å². The number of rotatable bonds is 2. The highest BCUT2D eigenvalue weighted by atomic mass is 15.0. The normalized spacial score (nSPS) is 10.6. The van der Waals surface area contributed by atoms with Crippen LogP contribution in [0.15, 0.2) is 55.6 Å². The Balaban J connectivity index is 2.16. The van der Waals surface area contributed by atoms with Crippen LogP contribution < -0.4 is 0 Å². The van der Waals surface area contributed by atoms with Crippen LogP contribution in [-0.4, -0.2) is 14.5 Å². The summed E-state index contributed by atoms with van der Waals surface area (Å²) < 4.78 is 2.02. The van der Waals surface area contributed by atoms with E-state index in [1.165, 1.54) is 0 Å². The third kappa shape index (κ3) is 1.61. The van der Waals surface area contributed by atoms with Crippen LogP contribution in [0.5, 0.6) is 0 Å². The fourth-order valence-electron chi connectivity index (χ4n) is 1.83. The molecule has 0 amide bonds. The van der Waals surface area contributed by atoms with Crippen LogP contribution >= 0.6 is 0 Å². The third-order valence-corrected chi connectivity index (χ3v) is 2.75. The molecule has 82 valence electrons. The zero-order valence-electron chi connectivity index (χ0n) is 9.24. The summed E-state index contributed by atoms with van der Waals surface area (Å²) in [6.07, 6.45) is 9.23. The molecule has 17 heavy (non-hydrogen) atoms. The van der Waals surface area contributed by atoms with Crippen LogP contribution in [0.2, 0.25) is 0 Å². The van der Waals surface area contributed by atoms with Crippen molar-refractivity contribution >= 4 is 17.0 Å². The van der Waals surface area contributed by atoms with Crippen LogP contribution in [-0.2, 0) is 0 Å². The molecule has 0 fully saturated rings. The molecule has 0 aliphatic rings. The number of pyridine rings is 2. The first-order valence-corrected chi connectivity index (χ1v) is 5.38. The van der Waals surface area contributed by atoms with Crippen molar-refractivity contribution in [1.82, 2.24) is 14.5 Å². The van der Waals surface area contributed by atoms with E-state index in [0.717, 1.165) is 22.3 Å². The van der Waals surface area contributed by atoms with Gasteiger partial charge in [-0.25, -0.2) is 4.98 Å². The summed E-state index contributed by atoms with van der Waals surface area (Å²) >= 11 is 0. The molecule has 0 aliphatic heterocycles. The first kappa shape index (κ1) is 9.78. The lowest BCUT2D eigenvalue weighted by atomic mass is 10.3. The molecule has 0 unspecified atom stereocenters. The van der Waals surface area contributed by atoms with E-state index in [2.05, 4.69) is 22.6 Å². The second-order valence-electron chi connectivity index (χ2n) is 3.77. The Morgan fingerprint density at radius 3 is 2.82 bits per heavy atom. The van der Waals surface area contributed by atoms with Crippen molar-refractivity contribution in [2.24, 2.45) is 0 Å². The number of hydrogen-bond acceptors (Lipinski definition) is 2. The molecule has 0 radical (unpaired) electrons. The standard InChI is InChI=1S/C14H11N3/c1-2-11-3-4-14(16-9-11)17-8-6-12-5-7-15-10-13(12)17/h2-10H,1H2. The summed E-state index contributed by atoms with van der Waals surface area (Å²) in [5.74, 6) is 0.888. The van der Waals surface area contributed by atoms with Gasteiger partial charge in [0.05, 0.1) is 11.7 Å². The zero-order valence-corrected chi connectivity index (χ0v) is 9.24. The highest BCUT2D eigenvalue weighted by Crippen LogP contribution is 2.18. The SMILES string of the molecule is C=Cc1ccc(-n2ccc3ccncc32)nc1. The molecule has 3 heteroatoms. The fourth-order valence-corrected chi connectivity index (χ4v) is 1.83. The van der Waals surface area contributed by atoms with E-state index in [9.17, 15) is 0 Å². The number of hydrogen-bond donors (Lipinski definition) is 0. The quantitative estimate of drug-likeness (QED) is 0.665. The Kier molecular flexibility index (Phi) is 2.22. The maximum Gasteiger partial charge on any atom is 0.137 e. The van der Waals surface area contributed by atoms with Crippen molar-refractivity contribution < 1.29 is 0 Å². The van der Waals surface area contributed by atoms with E-state index < -0.39 is 0 Å². The molecule has 0 bridgehead atoms. The van der Waals surface area contributed by atoms with Gasteiger partial charge in [-0.2, -0.15) is 0 Å². The van der Waals surface area contributed by atoms with Gasteiger partial charge in [0.2, 0.25) is 0 Å². The average Bonchev–Trinajstić information content (AvgIpc) is 2.83. The summed E-state index contributed by atoms with van der Waals surface area (Å²) in [5.41, 5.74) is 2.08. The van der Waals surface area contributed by atoms with Crippen LogP contribution in [0.3, 0.4) is 0 Å². The van der Waals surface area contributed by atoms with E-state index in [4.69, 9.17) is 0 Å². The van der Waals surface area contributed by atoms with Gasteiger partial charge in [0, 0.05) is 24.0 Å². The first-order chi connectivity index (χ1) is 8.38. The predicted octanol–water partition coefficient (Wildman–Crippen LogP) is 3.06. The van der Waals surface area contributed by atoms with Gasteiger partial charge in [-0.05, 0) is 29.8 Å². The second-order valence-corrected chi connectivity index (χ2v) is 3.77. The summed E-state index contributed by atoms with van der Waals surface area (Å²) in [7, 11) is 0. The van der Waals surface area contributed by atoms with Crippen molar-refractivity contribution in [2.75, 3.05) is 0 Å². The molecule has 0 aliphatic carbocycles. The van der Waals surface area contributed by atoms with E-state index >= 15 is 0 Å². The average molecular weight is 221 g/mol. The van der Waals surface area contributed by atoms with E-state index in [1.807, 2.05) is 41.4 Å². The number of aromatic nitrogens is 3. The lowest BCUT2D eigenvalue weighted by molar-refractivity contribution is 1.04.